The molecule has 3 aromatic rings. The smallest absolute Gasteiger partial charge is 0.221 e. The van der Waals surface area contributed by atoms with Crippen LogP contribution < -0.4 is 16.4 Å². The predicted octanol–water partition coefficient (Wildman–Crippen LogP) is 3.38. The van der Waals surface area contributed by atoms with Gasteiger partial charge in [0.15, 0.2) is 0 Å². The summed E-state index contributed by atoms with van der Waals surface area (Å²) >= 11 is 0. The lowest BCUT2D eigenvalue weighted by atomic mass is 9.77. The molecule has 5 heteroatoms. The van der Waals surface area contributed by atoms with Crippen LogP contribution in [0.4, 0.5) is 0 Å². The van der Waals surface area contributed by atoms with Gasteiger partial charge in [0.2, 0.25) is 5.91 Å². The van der Waals surface area contributed by atoms with E-state index in [0.717, 1.165) is 16.7 Å². The van der Waals surface area contributed by atoms with Crippen LogP contribution in [0, 0.1) is 0 Å². The van der Waals surface area contributed by atoms with Crippen molar-refractivity contribution in [3.63, 3.8) is 0 Å². The number of carbonyl (C=O) groups is 2. The summed E-state index contributed by atoms with van der Waals surface area (Å²) in [7, 11) is 0. The van der Waals surface area contributed by atoms with Gasteiger partial charge in [-0.2, -0.15) is 0 Å². The summed E-state index contributed by atoms with van der Waals surface area (Å²) in [6.45, 7) is 1.02. The van der Waals surface area contributed by atoms with Gasteiger partial charge in [-0.05, 0) is 23.1 Å². The van der Waals surface area contributed by atoms with E-state index in [1.54, 1.807) is 0 Å². The molecule has 0 heterocycles. The molecule has 32 heavy (non-hydrogen) atoms. The van der Waals surface area contributed by atoms with Crippen LogP contribution in [-0.4, -0.2) is 31.3 Å². The number of benzene rings is 3. The van der Waals surface area contributed by atoms with Gasteiger partial charge in [-0.3, -0.25) is 14.9 Å². The quantitative estimate of drug-likeness (QED) is 0.304. The predicted molar refractivity (Wildman–Crippen MR) is 128 cm³/mol. The molecule has 4 N–H and O–H groups in total. The van der Waals surface area contributed by atoms with Crippen molar-refractivity contribution in [3.05, 3.63) is 108 Å². The van der Waals surface area contributed by atoms with Crippen LogP contribution >= 0.6 is 0 Å². The Kier molecular flexibility index (Phi) is 8.72. The van der Waals surface area contributed by atoms with Crippen LogP contribution in [0.3, 0.4) is 0 Å². The van der Waals surface area contributed by atoms with Crippen molar-refractivity contribution in [2.24, 2.45) is 5.73 Å². The minimum atomic E-state index is -0.586. The molecule has 0 aliphatic rings. The molecule has 0 radical (unpaired) electrons. The topological polar surface area (TPSA) is 84.2 Å². The number of amides is 1. The van der Waals surface area contributed by atoms with Crippen LogP contribution in [0.2, 0.25) is 0 Å². The largest absolute Gasteiger partial charge is 0.356 e. The number of nitrogens with one attached hydrogen (secondary N) is 2. The fraction of sp³-hybridized carbons (Fsp3) is 0.259. The first kappa shape index (κ1) is 23.4. The number of rotatable bonds is 12. The van der Waals surface area contributed by atoms with Crippen molar-refractivity contribution in [1.82, 2.24) is 10.6 Å². The summed E-state index contributed by atoms with van der Waals surface area (Å²) in [5, 5.41) is 6.60. The van der Waals surface area contributed by atoms with Crippen LogP contribution in [0.25, 0.3) is 0 Å². The monoisotopic (exact) mass is 429 g/mol. The third-order valence-electron chi connectivity index (χ3n) is 5.54. The Hall–Kier alpha value is -3.28. The van der Waals surface area contributed by atoms with Crippen molar-refractivity contribution in [3.8, 4) is 0 Å². The molecule has 0 aromatic heterocycles. The summed E-state index contributed by atoms with van der Waals surface area (Å²) in [4.78, 5) is 23.7. The minimum Gasteiger partial charge on any atom is -0.356 e. The molecule has 0 spiro atoms. The van der Waals surface area contributed by atoms with E-state index in [-0.39, 0.29) is 18.2 Å². The molecule has 0 aliphatic carbocycles. The van der Waals surface area contributed by atoms with Crippen LogP contribution in [0.1, 0.15) is 36.0 Å². The minimum absolute atomic E-state index is 0.0132. The van der Waals surface area contributed by atoms with E-state index in [0.29, 0.717) is 32.4 Å². The first-order chi connectivity index (χ1) is 15.7. The molecule has 1 amide bonds. The van der Waals surface area contributed by atoms with Gasteiger partial charge in [-0.25, -0.2) is 0 Å². The Balaban J connectivity index is 1.78. The highest BCUT2D eigenvalue weighted by Crippen LogP contribution is 2.36. The molecule has 0 bridgehead atoms. The summed E-state index contributed by atoms with van der Waals surface area (Å²) < 4.78 is 0. The molecule has 3 rings (SSSR count). The van der Waals surface area contributed by atoms with E-state index in [4.69, 9.17) is 5.73 Å². The fourth-order valence-corrected chi connectivity index (χ4v) is 3.94. The first-order valence-corrected chi connectivity index (χ1v) is 11.1. The van der Waals surface area contributed by atoms with Gasteiger partial charge in [0.05, 0.1) is 12.1 Å². The Morgan fingerprint density at radius 3 is 1.59 bits per heavy atom. The molecule has 5 nitrogen and oxygen atoms in total. The van der Waals surface area contributed by atoms with Crippen LogP contribution in [0.5, 0.6) is 0 Å². The Morgan fingerprint density at radius 1 is 0.688 bits per heavy atom. The van der Waals surface area contributed by atoms with Crippen molar-refractivity contribution < 1.29 is 9.59 Å². The van der Waals surface area contributed by atoms with E-state index in [1.165, 1.54) is 0 Å². The van der Waals surface area contributed by atoms with E-state index in [9.17, 15) is 9.59 Å². The van der Waals surface area contributed by atoms with Gasteiger partial charge in [0.1, 0.15) is 5.78 Å². The standard InChI is InChI=1S/C27H31N3O2/c28-21-25(31)17-10-19-29-26(32)18-20-30-27(22-11-4-1-5-12-22,23-13-6-2-7-14-23)24-15-8-3-9-16-24/h1-9,11-16,30H,10,17-21,28H2,(H,29,32). The van der Waals surface area contributed by atoms with Gasteiger partial charge >= 0.3 is 0 Å². The maximum absolute atomic E-state index is 12.4. The first-order valence-electron chi connectivity index (χ1n) is 11.1. The number of hydrogen-bond acceptors (Lipinski definition) is 4. The van der Waals surface area contributed by atoms with Gasteiger partial charge in [0.25, 0.3) is 0 Å². The van der Waals surface area contributed by atoms with Crippen molar-refractivity contribution in [2.45, 2.75) is 24.8 Å². The van der Waals surface area contributed by atoms with Gasteiger partial charge in [0, 0.05) is 25.9 Å². The van der Waals surface area contributed by atoms with E-state index in [2.05, 4.69) is 47.0 Å². The SMILES string of the molecule is NCC(=O)CCCNC(=O)CCNC(c1ccccc1)(c1ccccc1)c1ccccc1. The van der Waals surface area contributed by atoms with Gasteiger partial charge in [-0.15, -0.1) is 0 Å². The average molecular weight is 430 g/mol. The Morgan fingerprint density at radius 2 is 1.16 bits per heavy atom. The second-order valence-corrected chi connectivity index (χ2v) is 7.72. The molecule has 0 aliphatic heterocycles. The molecule has 0 saturated carbocycles. The molecular weight excluding hydrogens is 398 g/mol. The van der Waals surface area contributed by atoms with E-state index < -0.39 is 5.54 Å². The van der Waals surface area contributed by atoms with Crippen LogP contribution in [-0.2, 0) is 15.1 Å². The summed E-state index contributed by atoms with van der Waals surface area (Å²) in [6, 6.07) is 30.9. The van der Waals surface area contributed by atoms with Crippen molar-refractivity contribution in [2.75, 3.05) is 19.6 Å². The third-order valence-corrected chi connectivity index (χ3v) is 5.54. The maximum Gasteiger partial charge on any atom is 0.221 e. The molecule has 3 aromatic carbocycles. The molecule has 0 saturated heterocycles. The van der Waals surface area contributed by atoms with E-state index in [1.807, 2.05) is 54.6 Å². The van der Waals surface area contributed by atoms with Gasteiger partial charge < -0.3 is 11.1 Å². The highest BCUT2D eigenvalue weighted by Gasteiger charge is 2.35. The molecule has 0 unspecified atom stereocenters. The van der Waals surface area contributed by atoms with E-state index >= 15 is 0 Å². The normalized spacial score (nSPS) is 11.2. The lowest BCUT2D eigenvalue weighted by Gasteiger charge is -2.37. The molecule has 166 valence electrons. The molecule has 0 atom stereocenters. The summed E-state index contributed by atoms with van der Waals surface area (Å²) in [5.74, 6) is -0.0277. The zero-order valence-corrected chi connectivity index (χ0v) is 18.3. The zero-order chi connectivity index (χ0) is 22.7. The average Bonchev–Trinajstić information content (AvgIpc) is 2.86. The summed E-state index contributed by atoms with van der Waals surface area (Å²) in [5.41, 5.74) is 8.06. The maximum atomic E-state index is 12.4. The highest BCUT2D eigenvalue weighted by molar-refractivity contribution is 5.80. The molecular formula is C27H31N3O2. The second kappa shape index (κ2) is 11.9. The number of ketones is 1. The lowest BCUT2D eigenvalue weighted by molar-refractivity contribution is -0.121. The Labute approximate surface area is 190 Å². The van der Waals surface area contributed by atoms with Crippen molar-refractivity contribution >= 4 is 11.7 Å². The lowest BCUT2D eigenvalue weighted by Crippen LogP contribution is -2.46. The Bertz CT molecular complexity index is 879. The highest BCUT2D eigenvalue weighted by atomic mass is 16.1. The molecule has 0 fully saturated rings. The zero-order valence-electron chi connectivity index (χ0n) is 18.3. The number of hydrogen-bond donors (Lipinski definition) is 3. The van der Waals surface area contributed by atoms with Gasteiger partial charge in [-0.1, -0.05) is 91.0 Å². The van der Waals surface area contributed by atoms with Crippen LogP contribution in [0.15, 0.2) is 91.0 Å². The van der Waals surface area contributed by atoms with Crippen molar-refractivity contribution in [1.29, 1.82) is 0 Å². The fourth-order valence-electron chi connectivity index (χ4n) is 3.94. The number of nitrogens with two attached hydrogens (primary N) is 1. The number of Topliss-reactive ketones (excluding diaryl/α,β-unsaturated/α-hetero) is 1. The third kappa shape index (κ3) is 5.90. The number of carbonyl (C=O) groups excluding carboxylic acids is 2. The summed E-state index contributed by atoms with van der Waals surface area (Å²) in [6.07, 6.45) is 1.34. The second-order valence-electron chi connectivity index (χ2n) is 7.72.